The maximum Gasteiger partial charge on any atom is 0.410 e. The second-order valence-corrected chi connectivity index (χ2v) is 4.16. The van der Waals surface area contributed by atoms with Crippen molar-refractivity contribution in [2.75, 3.05) is 19.7 Å². The zero-order valence-electron chi connectivity index (χ0n) is 8.95. The standard InChI is InChI=1S/C10H17NO3/c1-7(2)9-5-11(4-8(3)12)10(13)14-6-9/h7,9H,4-6H2,1-3H3. The Kier molecular flexibility index (Phi) is 3.49. The molecule has 0 aromatic rings. The average Bonchev–Trinajstić information content (AvgIpc) is 2.07. The molecule has 0 spiro atoms. The summed E-state index contributed by atoms with van der Waals surface area (Å²) in [6, 6.07) is 0. The first-order valence-corrected chi connectivity index (χ1v) is 4.92. The molecule has 14 heavy (non-hydrogen) atoms. The van der Waals surface area contributed by atoms with Crippen LogP contribution in [-0.4, -0.2) is 36.5 Å². The van der Waals surface area contributed by atoms with Gasteiger partial charge in [-0.3, -0.25) is 4.79 Å². The molecule has 4 nitrogen and oxygen atoms in total. The third-order valence-electron chi connectivity index (χ3n) is 2.49. The summed E-state index contributed by atoms with van der Waals surface area (Å²) in [6.45, 7) is 6.95. The third-order valence-corrected chi connectivity index (χ3v) is 2.49. The zero-order valence-corrected chi connectivity index (χ0v) is 8.95. The Hall–Kier alpha value is -1.06. The van der Waals surface area contributed by atoms with Gasteiger partial charge in [0.05, 0.1) is 13.2 Å². The molecule has 1 rings (SSSR count). The molecule has 0 aromatic carbocycles. The fraction of sp³-hybridized carbons (Fsp3) is 0.800. The van der Waals surface area contributed by atoms with Gasteiger partial charge in [0, 0.05) is 12.5 Å². The van der Waals surface area contributed by atoms with E-state index in [1.807, 2.05) is 0 Å². The minimum atomic E-state index is -0.364. The van der Waals surface area contributed by atoms with Crippen LogP contribution in [0.4, 0.5) is 4.79 Å². The first-order chi connectivity index (χ1) is 6.50. The minimum absolute atomic E-state index is 0.00800. The van der Waals surface area contributed by atoms with Gasteiger partial charge in [0.2, 0.25) is 0 Å². The maximum absolute atomic E-state index is 11.2. The van der Waals surface area contributed by atoms with Gasteiger partial charge in [-0.1, -0.05) is 13.8 Å². The van der Waals surface area contributed by atoms with E-state index in [2.05, 4.69) is 13.8 Å². The van der Waals surface area contributed by atoms with Crippen molar-refractivity contribution >= 4 is 11.9 Å². The molecule has 1 heterocycles. The van der Waals surface area contributed by atoms with E-state index in [-0.39, 0.29) is 18.4 Å². The summed E-state index contributed by atoms with van der Waals surface area (Å²) in [5.41, 5.74) is 0. The van der Waals surface area contributed by atoms with Crippen molar-refractivity contribution in [2.24, 2.45) is 11.8 Å². The van der Waals surface area contributed by atoms with Crippen molar-refractivity contribution in [3.8, 4) is 0 Å². The zero-order chi connectivity index (χ0) is 10.7. The topological polar surface area (TPSA) is 46.6 Å². The van der Waals surface area contributed by atoms with Crippen molar-refractivity contribution in [1.29, 1.82) is 0 Å². The first-order valence-electron chi connectivity index (χ1n) is 4.92. The molecule has 1 amide bonds. The van der Waals surface area contributed by atoms with E-state index in [9.17, 15) is 9.59 Å². The van der Waals surface area contributed by atoms with Crippen LogP contribution < -0.4 is 0 Å². The lowest BCUT2D eigenvalue weighted by Gasteiger charge is -2.33. The van der Waals surface area contributed by atoms with E-state index < -0.39 is 0 Å². The molecule has 1 unspecified atom stereocenters. The number of ether oxygens (including phenoxy) is 1. The lowest BCUT2D eigenvalue weighted by Crippen LogP contribution is -2.46. The molecular formula is C10H17NO3. The van der Waals surface area contributed by atoms with Gasteiger partial charge in [-0.05, 0) is 12.8 Å². The molecule has 0 N–H and O–H groups in total. The van der Waals surface area contributed by atoms with E-state index in [0.29, 0.717) is 25.0 Å². The van der Waals surface area contributed by atoms with Gasteiger partial charge in [0.15, 0.2) is 0 Å². The summed E-state index contributed by atoms with van der Waals surface area (Å²) in [5.74, 6) is 0.802. The van der Waals surface area contributed by atoms with E-state index in [4.69, 9.17) is 4.74 Å². The molecule has 0 aliphatic carbocycles. The Bertz CT molecular complexity index is 238. The predicted octanol–water partition coefficient (Wildman–Crippen LogP) is 1.30. The minimum Gasteiger partial charge on any atom is -0.449 e. The fourth-order valence-electron chi connectivity index (χ4n) is 1.48. The van der Waals surface area contributed by atoms with Gasteiger partial charge >= 0.3 is 6.09 Å². The van der Waals surface area contributed by atoms with Gasteiger partial charge in [-0.15, -0.1) is 0 Å². The van der Waals surface area contributed by atoms with Crippen LogP contribution in [0.25, 0.3) is 0 Å². The molecule has 1 aliphatic heterocycles. The molecule has 0 radical (unpaired) electrons. The maximum atomic E-state index is 11.2. The number of ketones is 1. The highest BCUT2D eigenvalue weighted by Crippen LogP contribution is 2.18. The van der Waals surface area contributed by atoms with E-state index in [1.54, 1.807) is 0 Å². The molecular weight excluding hydrogens is 182 g/mol. The second-order valence-electron chi connectivity index (χ2n) is 4.16. The van der Waals surface area contributed by atoms with Crippen LogP contribution in [-0.2, 0) is 9.53 Å². The van der Waals surface area contributed by atoms with Crippen LogP contribution >= 0.6 is 0 Å². The van der Waals surface area contributed by atoms with Crippen LogP contribution in [0.5, 0.6) is 0 Å². The van der Waals surface area contributed by atoms with Crippen molar-refractivity contribution < 1.29 is 14.3 Å². The van der Waals surface area contributed by atoms with Gasteiger partial charge in [0.25, 0.3) is 0 Å². The van der Waals surface area contributed by atoms with E-state index >= 15 is 0 Å². The number of Topliss-reactive ketones (excluding diaryl/α,β-unsaturated/α-hetero) is 1. The fourth-order valence-corrected chi connectivity index (χ4v) is 1.48. The van der Waals surface area contributed by atoms with Gasteiger partial charge in [-0.2, -0.15) is 0 Å². The number of cyclic esters (lactones) is 1. The number of carbonyl (C=O) groups excluding carboxylic acids is 2. The second kappa shape index (κ2) is 4.44. The lowest BCUT2D eigenvalue weighted by molar-refractivity contribution is -0.118. The van der Waals surface area contributed by atoms with Crippen molar-refractivity contribution in [2.45, 2.75) is 20.8 Å². The number of hydrogen-bond donors (Lipinski definition) is 0. The number of rotatable bonds is 3. The van der Waals surface area contributed by atoms with Crippen molar-refractivity contribution in [3.63, 3.8) is 0 Å². The summed E-state index contributed by atoms with van der Waals surface area (Å²) in [7, 11) is 0. The normalized spacial score (nSPS) is 22.4. The van der Waals surface area contributed by atoms with Gasteiger partial charge in [-0.25, -0.2) is 4.79 Å². The van der Waals surface area contributed by atoms with Crippen LogP contribution in [0.2, 0.25) is 0 Å². The quantitative estimate of drug-likeness (QED) is 0.688. The Morgan fingerprint density at radius 2 is 2.29 bits per heavy atom. The smallest absolute Gasteiger partial charge is 0.410 e. The molecule has 1 atom stereocenters. The summed E-state index contributed by atoms with van der Waals surface area (Å²) in [5, 5.41) is 0. The molecule has 0 saturated carbocycles. The first kappa shape index (κ1) is 11.0. The lowest BCUT2D eigenvalue weighted by atomic mass is 9.95. The largest absolute Gasteiger partial charge is 0.449 e. The monoisotopic (exact) mass is 199 g/mol. The molecule has 1 fully saturated rings. The van der Waals surface area contributed by atoms with Crippen molar-refractivity contribution in [3.05, 3.63) is 0 Å². The Morgan fingerprint density at radius 3 is 2.79 bits per heavy atom. The van der Waals surface area contributed by atoms with Crippen molar-refractivity contribution in [1.82, 2.24) is 4.90 Å². The molecule has 1 saturated heterocycles. The van der Waals surface area contributed by atoms with Crippen LogP contribution in [0, 0.1) is 11.8 Å². The summed E-state index contributed by atoms with van der Waals surface area (Å²) >= 11 is 0. The van der Waals surface area contributed by atoms with Crippen LogP contribution in [0.15, 0.2) is 0 Å². The summed E-state index contributed by atoms with van der Waals surface area (Å²) in [4.78, 5) is 23.6. The number of carbonyl (C=O) groups is 2. The van der Waals surface area contributed by atoms with E-state index in [1.165, 1.54) is 11.8 Å². The van der Waals surface area contributed by atoms with Crippen LogP contribution in [0.3, 0.4) is 0 Å². The number of amides is 1. The van der Waals surface area contributed by atoms with Crippen LogP contribution in [0.1, 0.15) is 20.8 Å². The summed E-state index contributed by atoms with van der Waals surface area (Å²) < 4.78 is 5.00. The highest BCUT2D eigenvalue weighted by molar-refractivity contribution is 5.82. The highest BCUT2D eigenvalue weighted by atomic mass is 16.6. The Morgan fingerprint density at radius 1 is 1.64 bits per heavy atom. The molecule has 0 bridgehead atoms. The van der Waals surface area contributed by atoms with Gasteiger partial charge in [0.1, 0.15) is 5.78 Å². The molecule has 80 valence electrons. The Labute approximate surface area is 84.2 Å². The predicted molar refractivity (Wildman–Crippen MR) is 51.9 cm³/mol. The SMILES string of the molecule is CC(=O)CN1CC(C(C)C)COC1=O. The average molecular weight is 199 g/mol. The molecule has 1 aliphatic rings. The third kappa shape index (κ3) is 2.72. The van der Waals surface area contributed by atoms with Gasteiger partial charge < -0.3 is 9.64 Å². The Balaban J connectivity index is 2.55. The highest BCUT2D eigenvalue weighted by Gasteiger charge is 2.29. The summed E-state index contributed by atoms with van der Waals surface area (Å²) in [6.07, 6.45) is -0.364. The number of hydrogen-bond acceptors (Lipinski definition) is 3. The molecule has 4 heteroatoms. The van der Waals surface area contributed by atoms with E-state index in [0.717, 1.165) is 0 Å². The number of nitrogens with zero attached hydrogens (tertiary/aromatic N) is 1. The molecule has 0 aromatic heterocycles.